The molecule has 0 spiro atoms. The molecule has 3 aromatic rings. The first kappa shape index (κ1) is 22.5. The summed E-state index contributed by atoms with van der Waals surface area (Å²) in [6, 6.07) is 8.00. The molecule has 2 aliphatic rings. The highest BCUT2D eigenvalue weighted by atomic mass is 35.5. The van der Waals surface area contributed by atoms with Crippen molar-refractivity contribution in [3.63, 3.8) is 0 Å². The fraction of sp³-hybridized carbons (Fsp3) is 0.435. The quantitative estimate of drug-likeness (QED) is 0.616. The number of likely N-dealkylation sites (tertiary alicyclic amines) is 1. The fourth-order valence-electron chi connectivity index (χ4n) is 4.82. The zero-order valence-corrected chi connectivity index (χ0v) is 19.1. The highest BCUT2D eigenvalue weighted by molar-refractivity contribution is 6.08. The molecule has 170 valence electrons. The van der Waals surface area contributed by atoms with E-state index in [1.54, 1.807) is 0 Å². The lowest BCUT2D eigenvalue weighted by atomic mass is 10.1. The number of carbonyl (C=O) groups excluding carboxylic acids is 1. The standard InChI is InChI=1S/C23H28N6O2.ClH/c1-2-28-20-8-9-24-13-18(20)23(31)29-22(28)19(14-25-29)21(30)26-17-7-5-6-16(12-17)15-27-10-3-4-11-27;/h5-7,12,14,24H,2-4,8-11,13,15H2,1H3,(H,26,30);1H. The predicted molar refractivity (Wildman–Crippen MR) is 127 cm³/mol. The minimum atomic E-state index is -0.246. The Hall–Kier alpha value is -2.68. The summed E-state index contributed by atoms with van der Waals surface area (Å²) in [6.07, 6.45) is 4.78. The van der Waals surface area contributed by atoms with Crippen LogP contribution in [-0.4, -0.2) is 44.6 Å². The normalized spacial score (nSPS) is 16.0. The average molecular weight is 457 g/mol. The van der Waals surface area contributed by atoms with Gasteiger partial charge in [-0.05, 0) is 50.6 Å². The number of aryl methyl sites for hydroxylation is 1. The molecule has 1 saturated heterocycles. The van der Waals surface area contributed by atoms with Gasteiger partial charge in [-0.25, -0.2) is 0 Å². The summed E-state index contributed by atoms with van der Waals surface area (Å²) in [5.41, 5.74) is 4.53. The van der Waals surface area contributed by atoms with Crippen LogP contribution in [0, 0.1) is 0 Å². The van der Waals surface area contributed by atoms with Crippen molar-refractivity contribution in [3.05, 3.63) is 63.2 Å². The average Bonchev–Trinajstić information content (AvgIpc) is 3.45. The second-order valence-corrected chi connectivity index (χ2v) is 8.33. The first-order valence-corrected chi connectivity index (χ1v) is 11.1. The molecule has 1 amide bonds. The number of amides is 1. The molecule has 2 aliphatic heterocycles. The van der Waals surface area contributed by atoms with Crippen molar-refractivity contribution in [2.45, 2.75) is 45.8 Å². The molecule has 8 nitrogen and oxygen atoms in total. The molecule has 2 N–H and O–H groups in total. The van der Waals surface area contributed by atoms with Crippen LogP contribution >= 0.6 is 12.4 Å². The Kier molecular flexibility index (Phi) is 6.64. The van der Waals surface area contributed by atoms with Crippen LogP contribution in [0.15, 0.2) is 35.3 Å². The van der Waals surface area contributed by atoms with Crippen molar-refractivity contribution in [1.29, 1.82) is 0 Å². The van der Waals surface area contributed by atoms with E-state index in [9.17, 15) is 9.59 Å². The summed E-state index contributed by atoms with van der Waals surface area (Å²) in [4.78, 5) is 28.6. The van der Waals surface area contributed by atoms with Gasteiger partial charge in [-0.1, -0.05) is 12.1 Å². The van der Waals surface area contributed by atoms with Crippen LogP contribution in [0.4, 0.5) is 5.69 Å². The monoisotopic (exact) mass is 456 g/mol. The lowest BCUT2D eigenvalue weighted by Crippen LogP contribution is -2.36. The Bertz CT molecular complexity index is 1200. The minimum Gasteiger partial charge on any atom is -0.329 e. The lowest BCUT2D eigenvalue weighted by molar-refractivity contribution is 0.102. The number of halogens is 1. The van der Waals surface area contributed by atoms with Gasteiger partial charge < -0.3 is 15.2 Å². The van der Waals surface area contributed by atoms with E-state index in [0.29, 0.717) is 24.3 Å². The number of benzene rings is 1. The number of aromatic nitrogens is 3. The third-order valence-electron chi connectivity index (χ3n) is 6.32. The highest BCUT2D eigenvalue weighted by Crippen LogP contribution is 2.20. The van der Waals surface area contributed by atoms with E-state index in [0.717, 1.165) is 49.5 Å². The van der Waals surface area contributed by atoms with Gasteiger partial charge in [0.15, 0.2) is 5.65 Å². The summed E-state index contributed by atoms with van der Waals surface area (Å²) in [5, 5.41) is 10.5. The number of anilines is 1. The first-order chi connectivity index (χ1) is 15.2. The number of nitrogens with zero attached hydrogens (tertiary/aromatic N) is 4. The molecule has 0 radical (unpaired) electrons. The second kappa shape index (κ2) is 9.44. The van der Waals surface area contributed by atoms with Crippen molar-refractivity contribution in [1.82, 2.24) is 24.4 Å². The maximum Gasteiger partial charge on any atom is 0.279 e. The van der Waals surface area contributed by atoms with Crippen LogP contribution in [0.5, 0.6) is 0 Å². The number of hydrogen-bond acceptors (Lipinski definition) is 5. The van der Waals surface area contributed by atoms with E-state index in [1.807, 2.05) is 25.1 Å². The predicted octanol–water partition coefficient (Wildman–Crippen LogP) is 2.43. The van der Waals surface area contributed by atoms with E-state index in [1.165, 1.54) is 29.1 Å². The Balaban J connectivity index is 0.00000245. The van der Waals surface area contributed by atoms with Crippen LogP contribution in [-0.2, 0) is 26.1 Å². The molecule has 0 aliphatic carbocycles. The summed E-state index contributed by atoms with van der Waals surface area (Å²) in [6.45, 7) is 7.22. The zero-order valence-electron chi connectivity index (χ0n) is 18.3. The van der Waals surface area contributed by atoms with Crippen molar-refractivity contribution < 1.29 is 4.79 Å². The number of rotatable bonds is 5. The van der Waals surface area contributed by atoms with Gasteiger partial charge in [0.1, 0.15) is 5.56 Å². The van der Waals surface area contributed by atoms with Gasteiger partial charge in [0, 0.05) is 44.0 Å². The molecule has 2 aromatic heterocycles. The molecule has 5 rings (SSSR count). The van der Waals surface area contributed by atoms with Gasteiger partial charge in [-0.3, -0.25) is 14.5 Å². The molecule has 9 heteroatoms. The van der Waals surface area contributed by atoms with Gasteiger partial charge in [-0.2, -0.15) is 9.61 Å². The van der Waals surface area contributed by atoms with Crippen LogP contribution in [0.25, 0.3) is 5.65 Å². The molecular formula is C23H29ClN6O2. The second-order valence-electron chi connectivity index (χ2n) is 8.33. The van der Waals surface area contributed by atoms with Crippen LogP contribution < -0.4 is 16.2 Å². The fourth-order valence-corrected chi connectivity index (χ4v) is 4.82. The number of fused-ring (bicyclic) bond motifs is 2. The van der Waals surface area contributed by atoms with Crippen LogP contribution in [0.2, 0.25) is 0 Å². The minimum absolute atomic E-state index is 0. The van der Waals surface area contributed by atoms with Crippen molar-refractivity contribution in [2.75, 3.05) is 25.0 Å². The Morgan fingerprint density at radius 2 is 2.06 bits per heavy atom. The summed E-state index contributed by atoms with van der Waals surface area (Å²) >= 11 is 0. The van der Waals surface area contributed by atoms with E-state index < -0.39 is 0 Å². The number of nitrogens with one attached hydrogen (secondary N) is 2. The zero-order chi connectivity index (χ0) is 21.4. The molecule has 1 fully saturated rings. The topological polar surface area (TPSA) is 83.7 Å². The SMILES string of the molecule is CCn1c2c(c(=O)n3ncc(C(=O)Nc4cccc(CN5CCCC5)c4)c13)CNCC2.Cl. The molecule has 32 heavy (non-hydrogen) atoms. The smallest absolute Gasteiger partial charge is 0.279 e. The molecule has 0 bridgehead atoms. The first-order valence-electron chi connectivity index (χ1n) is 11.1. The third-order valence-corrected chi connectivity index (χ3v) is 6.32. The molecule has 0 unspecified atom stereocenters. The maximum absolute atomic E-state index is 13.2. The lowest BCUT2D eigenvalue weighted by Gasteiger charge is -2.22. The highest BCUT2D eigenvalue weighted by Gasteiger charge is 2.24. The molecule has 0 saturated carbocycles. The molecule has 1 aromatic carbocycles. The summed E-state index contributed by atoms with van der Waals surface area (Å²) in [7, 11) is 0. The molecule has 4 heterocycles. The Morgan fingerprint density at radius 3 is 2.84 bits per heavy atom. The maximum atomic E-state index is 13.2. The number of carbonyl (C=O) groups is 1. The van der Waals surface area contributed by atoms with Crippen LogP contribution in [0.3, 0.4) is 0 Å². The van der Waals surface area contributed by atoms with Gasteiger partial charge in [0.2, 0.25) is 0 Å². The van der Waals surface area contributed by atoms with E-state index in [2.05, 4.69) is 31.3 Å². The van der Waals surface area contributed by atoms with Gasteiger partial charge in [-0.15, -0.1) is 12.4 Å². The molecular weight excluding hydrogens is 428 g/mol. The van der Waals surface area contributed by atoms with Crippen LogP contribution in [0.1, 0.15) is 46.9 Å². The molecule has 0 atom stereocenters. The van der Waals surface area contributed by atoms with E-state index in [-0.39, 0.29) is 23.9 Å². The third kappa shape index (κ3) is 4.05. The van der Waals surface area contributed by atoms with Gasteiger partial charge in [0.25, 0.3) is 11.5 Å². The van der Waals surface area contributed by atoms with Gasteiger partial charge >= 0.3 is 0 Å². The van der Waals surface area contributed by atoms with E-state index >= 15 is 0 Å². The van der Waals surface area contributed by atoms with Gasteiger partial charge in [0.05, 0.1) is 11.8 Å². The van der Waals surface area contributed by atoms with Crippen molar-refractivity contribution in [2.24, 2.45) is 0 Å². The Labute approximate surface area is 193 Å². The summed E-state index contributed by atoms with van der Waals surface area (Å²) < 4.78 is 3.43. The largest absolute Gasteiger partial charge is 0.329 e. The number of hydrogen-bond donors (Lipinski definition) is 2. The van der Waals surface area contributed by atoms with Crippen molar-refractivity contribution >= 4 is 29.6 Å². The van der Waals surface area contributed by atoms with E-state index in [4.69, 9.17) is 0 Å². The summed E-state index contributed by atoms with van der Waals surface area (Å²) in [5.74, 6) is -0.246. The Morgan fingerprint density at radius 1 is 1.25 bits per heavy atom. The van der Waals surface area contributed by atoms with Crippen molar-refractivity contribution in [3.8, 4) is 0 Å².